The summed E-state index contributed by atoms with van der Waals surface area (Å²) in [5.74, 6) is -0.786. The van der Waals surface area contributed by atoms with Crippen LogP contribution in [-0.4, -0.2) is 26.1 Å². The first-order chi connectivity index (χ1) is 6.96. The summed E-state index contributed by atoms with van der Waals surface area (Å²) in [7, 11) is -3.45. The van der Waals surface area contributed by atoms with Gasteiger partial charge in [-0.25, -0.2) is 8.42 Å². The van der Waals surface area contributed by atoms with E-state index in [0.29, 0.717) is 12.8 Å². The van der Waals surface area contributed by atoms with Crippen molar-refractivity contribution in [2.75, 3.05) is 5.75 Å². The van der Waals surface area contributed by atoms with E-state index in [-0.39, 0.29) is 17.7 Å². The number of carbonyl (C=O) groups excluding carboxylic acids is 1. The third kappa shape index (κ3) is 3.46. The molecular formula is C9H18N2O3S. The van der Waals surface area contributed by atoms with Crippen LogP contribution in [0, 0.1) is 5.92 Å². The van der Waals surface area contributed by atoms with E-state index in [2.05, 4.69) is 4.72 Å². The predicted molar refractivity (Wildman–Crippen MR) is 57.5 cm³/mol. The molecule has 1 rings (SSSR count). The van der Waals surface area contributed by atoms with Crippen LogP contribution in [0.4, 0.5) is 0 Å². The number of sulfonamides is 1. The zero-order chi connectivity index (χ0) is 11.5. The first-order valence-electron chi connectivity index (χ1n) is 5.26. The van der Waals surface area contributed by atoms with Crippen molar-refractivity contribution in [3.05, 3.63) is 0 Å². The lowest BCUT2D eigenvalue weighted by Crippen LogP contribution is -2.42. The van der Waals surface area contributed by atoms with Gasteiger partial charge in [-0.1, -0.05) is 13.3 Å². The van der Waals surface area contributed by atoms with Crippen molar-refractivity contribution in [3.63, 3.8) is 0 Å². The highest BCUT2D eigenvalue weighted by Gasteiger charge is 2.32. The van der Waals surface area contributed by atoms with Crippen molar-refractivity contribution in [3.8, 4) is 0 Å². The molecule has 0 heterocycles. The van der Waals surface area contributed by atoms with E-state index in [1.54, 1.807) is 6.92 Å². The molecule has 88 valence electrons. The third-order valence-corrected chi connectivity index (χ3v) is 4.09. The summed E-state index contributed by atoms with van der Waals surface area (Å²) in [6.45, 7) is 1.75. The second-order valence-electron chi connectivity index (χ2n) is 3.99. The van der Waals surface area contributed by atoms with Gasteiger partial charge in [-0.3, -0.25) is 9.52 Å². The number of hydrogen-bond donors (Lipinski definition) is 2. The molecule has 0 bridgehead atoms. The summed E-state index contributed by atoms with van der Waals surface area (Å²) >= 11 is 0. The van der Waals surface area contributed by atoms with E-state index in [1.807, 2.05) is 0 Å². The van der Waals surface area contributed by atoms with Gasteiger partial charge < -0.3 is 5.73 Å². The molecule has 1 saturated carbocycles. The third-order valence-electron chi connectivity index (χ3n) is 2.64. The normalized spacial score (nSPS) is 26.5. The van der Waals surface area contributed by atoms with Gasteiger partial charge in [-0.15, -0.1) is 0 Å². The molecule has 0 radical (unpaired) electrons. The van der Waals surface area contributed by atoms with E-state index in [0.717, 1.165) is 12.8 Å². The molecule has 5 nitrogen and oxygen atoms in total. The monoisotopic (exact) mass is 234 g/mol. The van der Waals surface area contributed by atoms with Gasteiger partial charge in [0, 0.05) is 6.04 Å². The van der Waals surface area contributed by atoms with Crippen molar-refractivity contribution in [2.24, 2.45) is 11.7 Å². The van der Waals surface area contributed by atoms with Gasteiger partial charge in [0.05, 0.1) is 11.7 Å². The molecule has 0 saturated heterocycles. The van der Waals surface area contributed by atoms with Crippen LogP contribution in [0.3, 0.4) is 0 Å². The minimum absolute atomic E-state index is 0.0132. The largest absolute Gasteiger partial charge is 0.327 e. The van der Waals surface area contributed by atoms with Crippen LogP contribution in [0.25, 0.3) is 0 Å². The van der Waals surface area contributed by atoms with Crippen molar-refractivity contribution in [1.29, 1.82) is 0 Å². The molecule has 0 aromatic rings. The number of amides is 1. The Balaban J connectivity index is 2.55. The van der Waals surface area contributed by atoms with Crippen LogP contribution in [0.2, 0.25) is 0 Å². The molecule has 0 aliphatic heterocycles. The average molecular weight is 234 g/mol. The van der Waals surface area contributed by atoms with Crippen LogP contribution in [0.5, 0.6) is 0 Å². The zero-order valence-corrected chi connectivity index (χ0v) is 9.72. The number of rotatable bonds is 4. The lowest BCUT2D eigenvalue weighted by atomic mass is 10.0. The topological polar surface area (TPSA) is 89.3 Å². The van der Waals surface area contributed by atoms with Gasteiger partial charge in [0.1, 0.15) is 0 Å². The van der Waals surface area contributed by atoms with Gasteiger partial charge in [-0.2, -0.15) is 0 Å². The predicted octanol–water partition coefficient (Wildman–Crippen LogP) is -0.0302. The number of nitrogens with two attached hydrogens (primary N) is 1. The summed E-state index contributed by atoms with van der Waals surface area (Å²) in [5, 5.41) is 0. The smallest absolute Gasteiger partial charge is 0.238 e. The lowest BCUT2D eigenvalue weighted by Gasteiger charge is -2.14. The Bertz CT molecular complexity index is 326. The molecule has 15 heavy (non-hydrogen) atoms. The Morgan fingerprint density at radius 1 is 1.47 bits per heavy atom. The zero-order valence-electron chi connectivity index (χ0n) is 8.90. The first-order valence-corrected chi connectivity index (χ1v) is 6.91. The van der Waals surface area contributed by atoms with Crippen molar-refractivity contribution < 1.29 is 13.2 Å². The second-order valence-corrected chi connectivity index (χ2v) is 5.83. The van der Waals surface area contributed by atoms with E-state index < -0.39 is 15.9 Å². The van der Waals surface area contributed by atoms with E-state index in [1.165, 1.54) is 0 Å². The Morgan fingerprint density at radius 3 is 2.60 bits per heavy atom. The molecule has 3 N–H and O–H groups in total. The van der Waals surface area contributed by atoms with Crippen molar-refractivity contribution in [2.45, 2.75) is 38.6 Å². The van der Waals surface area contributed by atoms with Gasteiger partial charge in [0.2, 0.25) is 15.9 Å². The standard InChI is InChI=1S/C9H18N2O3S/c1-2-6-15(13,14)11-9(12)7-4-3-5-8(7)10/h7-8H,2-6,10H2,1H3,(H,11,12). The highest BCUT2D eigenvalue weighted by Crippen LogP contribution is 2.24. The molecule has 1 amide bonds. The van der Waals surface area contributed by atoms with Crippen molar-refractivity contribution >= 4 is 15.9 Å². The molecule has 1 aliphatic carbocycles. The van der Waals surface area contributed by atoms with Crippen LogP contribution >= 0.6 is 0 Å². The summed E-state index contributed by atoms with van der Waals surface area (Å²) in [6, 6.07) is -0.193. The minimum Gasteiger partial charge on any atom is -0.327 e. The summed E-state index contributed by atoms with van der Waals surface area (Å²) in [5.41, 5.74) is 5.72. The van der Waals surface area contributed by atoms with Gasteiger partial charge in [-0.05, 0) is 19.3 Å². The Morgan fingerprint density at radius 2 is 2.13 bits per heavy atom. The van der Waals surface area contributed by atoms with E-state index >= 15 is 0 Å². The highest BCUT2D eigenvalue weighted by atomic mass is 32.2. The molecule has 1 aliphatic rings. The van der Waals surface area contributed by atoms with Gasteiger partial charge in [0.25, 0.3) is 0 Å². The summed E-state index contributed by atoms with van der Waals surface area (Å²) < 4.78 is 24.7. The summed E-state index contributed by atoms with van der Waals surface area (Å²) in [6.07, 6.45) is 2.88. The fourth-order valence-corrected chi connectivity index (χ4v) is 2.96. The molecule has 0 aromatic heterocycles. The van der Waals surface area contributed by atoms with Gasteiger partial charge in [0.15, 0.2) is 0 Å². The Labute approximate surface area is 90.5 Å². The molecular weight excluding hydrogens is 216 g/mol. The minimum atomic E-state index is -3.45. The van der Waals surface area contributed by atoms with Crippen LogP contribution in [0.15, 0.2) is 0 Å². The second kappa shape index (κ2) is 4.94. The highest BCUT2D eigenvalue weighted by molar-refractivity contribution is 7.90. The Kier molecular flexibility index (Phi) is 4.10. The lowest BCUT2D eigenvalue weighted by molar-refractivity contribution is -0.123. The molecule has 6 heteroatoms. The summed E-state index contributed by atoms with van der Waals surface area (Å²) in [4.78, 5) is 11.6. The number of hydrogen-bond acceptors (Lipinski definition) is 4. The molecule has 1 fully saturated rings. The molecule has 2 unspecified atom stereocenters. The SMILES string of the molecule is CCCS(=O)(=O)NC(=O)C1CCCC1N. The van der Waals surface area contributed by atoms with Gasteiger partial charge >= 0.3 is 0 Å². The average Bonchev–Trinajstić information content (AvgIpc) is 2.50. The molecule has 0 spiro atoms. The van der Waals surface area contributed by atoms with Crippen LogP contribution < -0.4 is 10.5 Å². The maximum absolute atomic E-state index is 11.6. The fraction of sp³-hybridized carbons (Fsp3) is 0.889. The maximum atomic E-state index is 11.6. The molecule has 2 atom stereocenters. The Hall–Kier alpha value is -0.620. The number of carbonyl (C=O) groups is 1. The first kappa shape index (κ1) is 12.4. The quantitative estimate of drug-likeness (QED) is 0.715. The van der Waals surface area contributed by atoms with E-state index in [9.17, 15) is 13.2 Å². The molecule has 0 aromatic carbocycles. The van der Waals surface area contributed by atoms with Crippen LogP contribution in [0.1, 0.15) is 32.6 Å². The van der Waals surface area contributed by atoms with Crippen molar-refractivity contribution in [1.82, 2.24) is 4.72 Å². The van der Waals surface area contributed by atoms with Crippen LogP contribution in [-0.2, 0) is 14.8 Å². The number of nitrogens with one attached hydrogen (secondary N) is 1. The van der Waals surface area contributed by atoms with E-state index in [4.69, 9.17) is 5.73 Å². The fourth-order valence-electron chi connectivity index (χ4n) is 1.86. The maximum Gasteiger partial charge on any atom is 0.238 e.